The predicted molar refractivity (Wildman–Crippen MR) is 58.1 cm³/mol. The molecule has 21 heavy (non-hydrogen) atoms. The number of benzene rings is 1. The quantitative estimate of drug-likeness (QED) is 0.537. The number of halogens is 5. The molecule has 0 bridgehead atoms. The van der Waals surface area contributed by atoms with Crippen molar-refractivity contribution in [2.75, 3.05) is 0 Å². The summed E-state index contributed by atoms with van der Waals surface area (Å²) < 4.78 is 70.8. The fourth-order valence-electron chi connectivity index (χ4n) is 1.66. The Morgan fingerprint density at radius 3 is 1.90 bits per heavy atom. The zero-order chi connectivity index (χ0) is 15.9. The molecule has 9 heteroatoms. The van der Waals surface area contributed by atoms with Crippen LogP contribution in [0.1, 0.15) is 23.2 Å². The van der Waals surface area contributed by atoms with Crippen molar-refractivity contribution in [1.29, 1.82) is 0 Å². The van der Waals surface area contributed by atoms with E-state index in [1.807, 2.05) is 0 Å². The molecule has 1 heterocycles. The molecule has 0 saturated carbocycles. The molecule has 0 aliphatic heterocycles. The van der Waals surface area contributed by atoms with Crippen molar-refractivity contribution in [3.63, 3.8) is 0 Å². The van der Waals surface area contributed by atoms with Crippen LogP contribution in [0.2, 0.25) is 0 Å². The molecule has 4 nitrogen and oxygen atoms in total. The van der Waals surface area contributed by atoms with E-state index in [2.05, 4.69) is 9.40 Å². The van der Waals surface area contributed by atoms with Crippen molar-refractivity contribution in [1.82, 2.24) is 4.98 Å². The van der Waals surface area contributed by atoms with E-state index in [1.165, 1.54) is 6.92 Å². The van der Waals surface area contributed by atoms with E-state index >= 15 is 0 Å². The molecule has 0 saturated heterocycles. The van der Waals surface area contributed by atoms with Gasteiger partial charge in [-0.15, -0.1) is 0 Å². The third-order valence-electron chi connectivity index (χ3n) is 2.65. The lowest BCUT2D eigenvalue weighted by Gasteiger charge is -2.04. The number of hydrogen-bond acceptors (Lipinski definition) is 3. The molecule has 1 N–H and O–H groups in total. The number of carbonyl (C=O) groups is 1. The lowest BCUT2D eigenvalue weighted by Crippen LogP contribution is -2.04. The van der Waals surface area contributed by atoms with E-state index in [0.717, 1.165) is 0 Å². The smallest absolute Gasteiger partial charge is 0.373 e. The first-order valence-corrected chi connectivity index (χ1v) is 5.54. The first kappa shape index (κ1) is 14.9. The van der Waals surface area contributed by atoms with Crippen LogP contribution in [0.4, 0.5) is 22.0 Å². The van der Waals surface area contributed by atoms with Gasteiger partial charge in [-0.25, -0.2) is 31.7 Å². The third kappa shape index (κ3) is 2.24. The molecule has 0 unspecified atom stereocenters. The summed E-state index contributed by atoms with van der Waals surface area (Å²) in [6, 6.07) is 0. The summed E-state index contributed by atoms with van der Waals surface area (Å²) in [5.41, 5.74) is -1.59. The molecule has 2 aromatic rings. The molecular formula is C12H6F5NO3. The number of rotatable bonds is 3. The second-order valence-electron chi connectivity index (χ2n) is 3.90. The largest absolute Gasteiger partial charge is 0.475 e. The highest BCUT2D eigenvalue weighted by Gasteiger charge is 2.31. The molecule has 0 spiro atoms. The molecule has 0 fully saturated rings. The highest BCUT2D eigenvalue weighted by atomic mass is 19.2. The number of aryl methyl sites for hydroxylation is 1. The van der Waals surface area contributed by atoms with Crippen LogP contribution in [0.3, 0.4) is 0 Å². The molecule has 1 aromatic heterocycles. The number of carboxylic acid groups (broad SMARTS) is 1. The van der Waals surface area contributed by atoms with Crippen LogP contribution >= 0.6 is 0 Å². The maximum absolute atomic E-state index is 13.6. The standard InChI is InChI=1S/C12H6F5NO3/c1-2-3-10(12(19)20)21-11(18-3)4-5(13)7(15)9(17)8(16)6(4)14/h2H2,1H3,(H,19,20). The monoisotopic (exact) mass is 307 g/mol. The van der Waals surface area contributed by atoms with Crippen LogP contribution in [0.25, 0.3) is 11.5 Å². The van der Waals surface area contributed by atoms with Gasteiger partial charge in [-0.05, 0) is 6.42 Å². The van der Waals surface area contributed by atoms with Gasteiger partial charge in [0, 0.05) is 0 Å². The number of hydrogen-bond donors (Lipinski definition) is 1. The SMILES string of the molecule is CCc1nc(-c2c(F)c(F)c(F)c(F)c2F)oc1C(=O)O. The maximum Gasteiger partial charge on any atom is 0.373 e. The molecule has 112 valence electrons. The molecule has 0 aliphatic rings. The Bertz CT molecular complexity index is 712. The second-order valence-corrected chi connectivity index (χ2v) is 3.90. The van der Waals surface area contributed by atoms with Gasteiger partial charge in [0.25, 0.3) is 0 Å². The summed E-state index contributed by atoms with van der Waals surface area (Å²) in [5, 5.41) is 8.82. The summed E-state index contributed by atoms with van der Waals surface area (Å²) in [6.07, 6.45) is 0.0283. The summed E-state index contributed by atoms with van der Waals surface area (Å²) in [6.45, 7) is 1.48. The van der Waals surface area contributed by atoms with E-state index in [4.69, 9.17) is 5.11 Å². The number of carboxylic acids is 1. The zero-order valence-corrected chi connectivity index (χ0v) is 10.3. The van der Waals surface area contributed by atoms with Gasteiger partial charge in [-0.3, -0.25) is 0 Å². The average molecular weight is 307 g/mol. The van der Waals surface area contributed by atoms with Crippen LogP contribution in [-0.2, 0) is 6.42 Å². The second kappa shape index (κ2) is 5.15. The normalized spacial score (nSPS) is 11.0. The van der Waals surface area contributed by atoms with Crippen LogP contribution in [0.15, 0.2) is 4.42 Å². The number of aromatic nitrogens is 1. The minimum Gasteiger partial charge on any atom is -0.475 e. The van der Waals surface area contributed by atoms with Gasteiger partial charge in [-0.2, -0.15) is 0 Å². The van der Waals surface area contributed by atoms with E-state index in [9.17, 15) is 26.7 Å². The van der Waals surface area contributed by atoms with Crippen molar-refractivity contribution in [3.05, 3.63) is 40.5 Å². The Balaban J connectivity index is 2.76. The molecular weight excluding hydrogens is 301 g/mol. The van der Waals surface area contributed by atoms with Gasteiger partial charge in [0.2, 0.25) is 17.5 Å². The van der Waals surface area contributed by atoms with E-state index in [1.54, 1.807) is 0 Å². The van der Waals surface area contributed by atoms with Crippen LogP contribution in [0.5, 0.6) is 0 Å². The number of oxazole rings is 1. The molecule has 0 radical (unpaired) electrons. The molecule has 0 amide bonds. The summed E-state index contributed by atoms with van der Waals surface area (Å²) >= 11 is 0. The minimum atomic E-state index is -2.32. The lowest BCUT2D eigenvalue weighted by molar-refractivity contribution is 0.0661. The first-order chi connectivity index (χ1) is 9.79. The fourth-order valence-corrected chi connectivity index (χ4v) is 1.66. The van der Waals surface area contributed by atoms with Gasteiger partial charge in [-0.1, -0.05) is 6.92 Å². The third-order valence-corrected chi connectivity index (χ3v) is 2.65. The van der Waals surface area contributed by atoms with Gasteiger partial charge in [0.05, 0.1) is 5.69 Å². The number of aromatic carboxylic acids is 1. The first-order valence-electron chi connectivity index (χ1n) is 5.54. The minimum absolute atomic E-state index is 0.0283. The van der Waals surface area contributed by atoms with Gasteiger partial charge in [0.1, 0.15) is 5.56 Å². The molecule has 0 atom stereocenters. The predicted octanol–water partition coefficient (Wildman–Crippen LogP) is 3.30. The van der Waals surface area contributed by atoms with E-state index < -0.39 is 52.3 Å². The van der Waals surface area contributed by atoms with Crippen LogP contribution in [-0.4, -0.2) is 16.1 Å². The van der Waals surface area contributed by atoms with Crippen molar-refractivity contribution in [3.8, 4) is 11.5 Å². The Kier molecular flexibility index (Phi) is 3.67. The molecule has 0 aliphatic carbocycles. The fraction of sp³-hybridized carbons (Fsp3) is 0.167. The highest BCUT2D eigenvalue weighted by Crippen LogP contribution is 2.32. The lowest BCUT2D eigenvalue weighted by atomic mass is 10.1. The Morgan fingerprint density at radius 2 is 1.52 bits per heavy atom. The summed E-state index contributed by atoms with van der Waals surface area (Å²) in [5.74, 6) is -14.2. The van der Waals surface area contributed by atoms with Crippen LogP contribution in [0, 0.1) is 29.1 Å². The number of nitrogens with zero attached hydrogens (tertiary/aromatic N) is 1. The topological polar surface area (TPSA) is 63.3 Å². The summed E-state index contributed by atoms with van der Waals surface area (Å²) in [4.78, 5) is 14.3. The Hall–Kier alpha value is -2.45. The van der Waals surface area contributed by atoms with Crippen LogP contribution < -0.4 is 0 Å². The van der Waals surface area contributed by atoms with Gasteiger partial charge >= 0.3 is 5.97 Å². The van der Waals surface area contributed by atoms with Crippen molar-refractivity contribution in [2.24, 2.45) is 0 Å². The van der Waals surface area contributed by atoms with Crippen molar-refractivity contribution < 1.29 is 36.3 Å². The van der Waals surface area contributed by atoms with Crippen molar-refractivity contribution in [2.45, 2.75) is 13.3 Å². The zero-order valence-electron chi connectivity index (χ0n) is 10.3. The van der Waals surface area contributed by atoms with E-state index in [-0.39, 0.29) is 12.1 Å². The molecule has 2 rings (SSSR count). The Morgan fingerprint density at radius 1 is 1.05 bits per heavy atom. The van der Waals surface area contributed by atoms with Crippen molar-refractivity contribution >= 4 is 5.97 Å². The Labute approximate surface area is 113 Å². The molecule has 1 aromatic carbocycles. The average Bonchev–Trinajstić information content (AvgIpc) is 2.87. The summed E-state index contributed by atoms with van der Waals surface area (Å²) in [7, 11) is 0. The highest BCUT2D eigenvalue weighted by molar-refractivity contribution is 5.86. The van der Waals surface area contributed by atoms with Gasteiger partial charge < -0.3 is 9.52 Å². The van der Waals surface area contributed by atoms with Gasteiger partial charge in [0.15, 0.2) is 23.3 Å². The maximum atomic E-state index is 13.6. The van der Waals surface area contributed by atoms with E-state index in [0.29, 0.717) is 0 Å².